The number of aromatic amines is 2. The third-order valence-corrected chi connectivity index (χ3v) is 10.1. The molecule has 210 valence electrons. The van der Waals surface area contributed by atoms with Crippen molar-refractivity contribution < 1.29 is 9.59 Å². The van der Waals surface area contributed by atoms with Gasteiger partial charge in [-0.2, -0.15) is 0 Å². The van der Waals surface area contributed by atoms with Gasteiger partial charge in [0.05, 0.1) is 0 Å². The molecule has 0 aliphatic carbocycles. The molecule has 0 bridgehead atoms. The first-order valence-corrected chi connectivity index (χ1v) is 16.0. The fraction of sp³-hybridized carbons (Fsp3) is 0.118. The highest BCUT2D eigenvalue weighted by Crippen LogP contribution is 2.49. The molecule has 6 nitrogen and oxygen atoms in total. The van der Waals surface area contributed by atoms with Crippen molar-refractivity contribution in [3.8, 4) is 0 Å². The summed E-state index contributed by atoms with van der Waals surface area (Å²) in [5.74, 6) is -0.216. The molecule has 6 aromatic rings. The predicted molar refractivity (Wildman–Crippen MR) is 174 cm³/mol. The largest absolute Gasteiger partial charge is 0.361 e. The Morgan fingerprint density at radius 2 is 0.929 bits per heavy atom. The summed E-state index contributed by atoms with van der Waals surface area (Å²) in [6.45, 7) is 0.848. The van der Waals surface area contributed by atoms with E-state index in [0.29, 0.717) is 13.1 Å². The molecule has 2 amide bonds. The Morgan fingerprint density at radius 1 is 0.548 bits per heavy atom. The highest BCUT2D eigenvalue weighted by atomic mass is 33.1. The molecular weight excluding hydrogens is 561 g/mol. The average molecular weight is 591 g/mol. The SMILES string of the molecule is O=C(NCc1ccccc1)C(SSC(C(=O)NCc1ccccc1)c1c[nH]c2ccccc12)c1c[nH]c2ccccc12. The number of fused-ring (bicyclic) bond motifs is 2. The van der Waals surface area contributed by atoms with Crippen molar-refractivity contribution in [2.24, 2.45) is 0 Å². The van der Waals surface area contributed by atoms with Crippen molar-refractivity contribution in [3.63, 3.8) is 0 Å². The van der Waals surface area contributed by atoms with E-state index in [1.54, 1.807) is 0 Å². The summed E-state index contributed by atoms with van der Waals surface area (Å²) < 4.78 is 0. The van der Waals surface area contributed by atoms with Crippen LogP contribution in [0.1, 0.15) is 32.8 Å². The second kappa shape index (κ2) is 13.1. The molecule has 4 N–H and O–H groups in total. The van der Waals surface area contributed by atoms with E-state index in [1.807, 2.05) is 122 Å². The quantitative estimate of drug-likeness (QED) is 0.118. The van der Waals surface area contributed by atoms with Crippen molar-refractivity contribution in [3.05, 3.63) is 144 Å². The van der Waals surface area contributed by atoms with Crippen LogP contribution in [0.15, 0.2) is 122 Å². The molecule has 0 fully saturated rings. The van der Waals surface area contributed by atoms with Crippen LogP contribution in [0.5, 0.6) is 0 Å². The Labute approximate surface area is 252 Å². The summed E-state index contributed by atoms with van der Waals surface area (Å²) in [6, 6.07) is 35.7. The number of nitrogens with one attached hydrogen (secondary N) is 4. The number of hydrogen-bond acceptors (Lipinski definition) is 4. The molecular formula is C34H30N4O2S2. The Hall–Kier alpha value is -4.40. The minimum Gasteiger partial charge on any atom is -0.361 e. The van der Waals surface area contributed by atoms with Crippen molar-refractivity contribution in [1.29, 1.82) is 0 Å². The molecule has 6 rings (SSSR count). The van der Waals surface area contributed by atoms with Gasteiger partial charge in [-0.3, -0.25) is 9.59 Å². The minimum atomic E-state index is -0.551. The number of rotatable bonds is 11. The van der Waals surface area contributed by atoms with Gasteiger partial charge in [0.25, 0.3) is 0 Å². The maximum Gasteiger partial charge on any atom is 0.238 e. The van der Waals surface area contributed by atoms with E-state index < -0.39 is 10.5 Å². The molecule has 0 aliphatic heterocycles. The van der Waals surface area contributed by atoms with Gasteiger partial charge in [0, 0.05) is 58.4 Å². The number of amides is 2. The van der Waals surface area contributed by atoms with Gasteiger partial charge in [0.15, 0.2) is 0 Å². The summed E-state index contributed by atoms with van der Waals surface area (Å²) in [6.07, 6.45) is 3.81. The number of benzene rings is 4. The smallest absolute Gasteiger partial charge is 0.238 e. The normalized spacial score (nSPS) is 12.7. The van der Waals surface area contributed by atoms with Crippen molar-refractivity contribution >= 4 is 55.2 Å². The van der Waals surface area contributed by atoms with Gasteiger partial charge in [-0.1, -0.05) is 119 Å². The van der Waals surface area contributed by atoms with Crippen molar-refractivity contribution in [1.82, 2.24) is 20.6 Å². The van der Waals surface area contributed by atoms with Gasteiger partial charge in [0.2, 0.25) is 11.8 Å². The lowest BCUT2D eigenvalue weighted by atomic mass is 10.1. The monoisotopic (exact) mass is 590 g/mol. The highest BCUT2D eigenvalue weighted by Gasteiger charge is 2.30. The minimum absolute atomic E-state index is 0.108. The fourth-order valence-corrected chi connectivity index (χ4v) is 7.94. The zero-order valence-corrected chi connectivity index (χ0v) is 24.4. The van der Waals surface area contributed by atoms with E-state index >= 15 is 0 Å². The third kappa shape index (κ3) is 6.25. The molecule has 0 radical (unpaired) electrons. The van der Waals surface area contributed by atoms with Gasteiger partial charge in [-0.25, -0.2) is 0 Å². The van der Waals surface area contributed by atoms with E-state index in [9.17, 15) is 9.59 Å². The zero-order chi connectivity index (χ0) is 28.7. The van der Waals surface area contributed by atoms with E-state index in [-0.39, 0.29) is 11.8 Å². The average Bonchev–Trinajstić information content (AvgIpc) is 3.67. The predicted octanol–water partition coefficient (Wildman–Crippen LogP) is 7.45. The Bertz CT molecular complexity index is 1670. The highest BCUT2D eigenvalue weighted by molar-refractivity contribution is 8.77. The lowest BCUT2D eigenvalue weighted by Gasteiger charge is -2.20. The number of hydrogen-bond donors (Lipinski definition) is 4. The molecule has 4 aromatic carbocycles. The topological polar surface area (TPSA) is 89.8 Å². The van der Waals surface area contributed by atoms with Gasteiger partial charge >= 0.3 is 0 Å². The standard InChI is InChI=1S/C34H30N4O2S2/c39-33(37-19-23-11-3-1-4-12-23)31(27-21-35-29-17-9-7-15-25(27)29)41-42-32(28-22-36-30-18-10-8-16-26(28)30)34(40)38-20-24-13-5-2-6-14-24/h1-18,21-22,31-32,35-36H,19-20H2,(H,37,39)(H,38,40). The number of aromatic nitrogens is 2. The van der Waals surface area contributed by atoms with Crippen LogP contribution in [-0.4, -0.2) is 21.8 Å². The van der Waals surface area contributed by atoms with Crippen LogP contribution in [0.4, 0.5) is 0 Å². The second-order valence-electron chi connectivity index (χ2n) is 9.94. The van der Waals surface area contributed by atoms with Crippen LogP contribution in [0, 0.1) is 0 Å². The first kappa shape index (κ1) is 27.8. The Kier molecular flexibility index (Phi) is 8.63. The van der Waals surface area contributed by atoms with E-state index in [4.69, 9.17) is 0 Å². The molecule has 0 saturated carbocycles. The molecule has 2 atom stereocenters. The molecule has 42 heavy (non-hydrogen) atoms. The Balaban J connectivity index is 1.29. The number of carbonyl (C=O) groups excluding carboxylic acids is 2. The number of H-pyrrole nitrogens is 2. The van der Waals surface area contributed by atoms with E-state index in [2.05, 4.69) is 20.6 Å². The lowest BCUT2D eigenvalue weighted by molar-refractivity contribution is -0.121. The molecule has 2 aromatic heterocycles. The first-order chi connectivity index (χ1) is 20.7. The van der Waals surface area contributed by atoms with Gasteiger partial charge < -0.3 is 20.6 Å². The van der Waals surface area contributed by atoms with Crippen LogP contribution in [0.3, 0.4) is 0 Å². The van der Waals surface area contributed by atoms with E-state index in [0.717, 1.165) is 44.1 Å². The van der Waals surface area contributed by atoms with Crippen molar-refractivity contribution in [2.75, 3.05) is 0 Å². The number of para-hydroxylation sites is 2. The van der Waals surface area contributed by atoms with Gasteiger partial charge in [0.1, 0.15) is 10.5 Å². The molecule has 0 saturated heterocycles. The van der Waals surface area contributed by atoms with Crippen LogP contribution in [0.2, 0.25) is 0 Å². The van der Waals surface area contributed by atoms with Crippen LogP contribution in [0.25, 0.3) is 21.8 Å². The zero-order valence-electron chi connectivity index (χ0n) is 22.7. The van der Waals surface area contributed by atoms with Crippen LogP contribution < -0.4 is 10.6 Å². The summed E-state index contributed by atoms with van der Waals surface area (Å²) >= 11 is 0. The molecule has 8 heteroatoms. The van der Waals surface area contributed by atoms with Crippen LogP contribution in [-0.2, 0) is 22.7 Å². The van der Waals surface area contributed by atoms with Gasteiger partial charge in [-0.15, -0.1) is 0 Å². The lowest BCUT2D eigenvalue weighted by Crippen LogP contribution is -2.28. The fourth-order valence-electron chi connectivity index (χ4n) is 4.96. The van der Waals surface area contributed by atoms with Crippen molar-refractivity contribution in [2.45, 2.75) is 23.6 Å². The molecule has 0 aliphatic rings. The second-order valence-corrected chi connectivity index (χ2v) is 12.4. The van der Waals surface area contributed by atoms with E-state index in [1.165, 1.54) is 21.6 Å². The summed E-state index contributed by atoms with van der Waals surface area (Å²) in [5, 5.41) is 7.12. The summed E-state index contributed by atoms with van der Waals surface area (Å²) in [5.41, 5.74) is 5.75. The first-order valence-electron chi connectivity index (χ1n) is 13.7. The van der Waals surface area contributed by atoms with Gasteiger partial charge in [-0.05, 0) is 23.3 Å². The molecule has 2 heterocycles. The maximum absolute atomic E-state index is 13.8. The number of carbonyl (C=O) groups is 2. The third-order valence-electron chi connectivity index (χ3n) is 7.15. The molecule has 2 unspecified atom stereocenters. The Morgan fingerprint density at radius 3 is 1.36 bits per heavy atom. The van der Waals surface area contributed by atoms with Crippen LogP contribution >= 0.6 is 21.6 Å². The maximum atomic E-state index is 13.8. The molecule has 0 spiro atoms. The summed E-state index contributed by atoms with van der Waals surface area (Å²) in [4.78, 5) is 34.2. The summed E-state index contributed by atoms with van der Waals surface area (Å²) in [7, 11) is 2.82.